The van der Waals surface area contributed by atoms with E-state index in [0.717, 1.165) is 93.6 Å². The first-order valence-electron chi connectivity index (χ1n) is 13.7. The zero-order valence-corrected chi connectivity index (χ0v) is 23.8. The Morgan fingerprint density at radius 3 is 2.10 bits per heavy atom. The molecule has 6 heterocycles. The molecule has 2 aliphatic heterocycles. The SMILES string of the molecule is O=CN1CCC[C@H]1c1ncc(-c2ncc(-c3cnc(-c4cnc([C@@H]5CCCN5C(=O)Cc5ccccc5)[nH]4)s3)s2)[nH]1. The van der Waals surface area contributed by atoms with E-state index in [1.54, 1.807) is 33.8 Å². The van der Waals surface area contributed by atoms with Crippen molar-refractivity contribution in [3.63, 3.8) is 0 Å². The number of aromatic amines is 2. The van der Waals surface area contributed by atoms with E-state index in [2.05, 4.69) is 29.9 Å². The van der Waals surface area contributed by atoms with E-state index in [1.807, 2.05) is 53.8 Å². The average molecular weight is 585 g/mol. The molecule has 41 heavy (non-hydrogen) atoms. The van der Waals surface area contributed by atoms with Crippen LogP contribution in [0.25, 0.3) is 31.2 Å². The molecule has 10 nitrogen and oxygen atoms in total. The lowest BCUT2D eigenvalue weighted by Gasteiger charge is -2.23. The van der Waals surface area contributed by atoms with E-state index in [0.29, 0.717) is 6.42 Å². The Kier molecular flexibility index (Phi) is 6.93. The first-order valence-corrected chi connectivity index (χ1v) is 15.4. The topological polar surface area (TPSA) is 124 Å². The van der Waals surface area contributed by atoms with Crippen molar-refractivity contribution >= 4 is 35.0 Å². The molecule has 2 atom stereocenters. The Morgan fingerprint density at radius 2 is 1.44 bits per heavy atom. The summed E-state index contributed by atoms with van der Waals surface area (Å²) in [6.07, 6.45) is 12.4. The molecule has 4 aromatic heterocycles. The highest BCUT2D eigenvalue weighted by Crippen LogP contribution is 2.38. The summed E-state index contributed by atoms with van der Waals surface area (Å²) < 4.78 is 0. The van der Waals surface area contributed by atoms with Crippen molar-refractivity contribution in [2.24, 2.45) is 0 Å². The molecule has 2 aliphatic rings. The third-order valence-electron chi connectivity index (χ3n) is 7.74. The number of aromatic nitrogens is 6. The third-order valence-corrected chi connectivity index (χ3v) is 10.00. The van der Waals surface area contributed by atoms with Crippen LogP contribution in [0.5, 0.6) is 0 Å². The molecule has 0 saturated carbocycles. The second-order valence-electron chi connectivity index (χ2n) is 10.3. The van der Waals surface area contributed by atoms with Crippen molar-refractivity contribution in [3.05, 3.63) is 72.3 Å². The van der Waals surface area contributed by atoms with E-state index >= 15 is 0 Å². The molecule has 2 N–H and O–H groups in total. The molecule has 0 unspecified atom stereocenters. The van der Waals surface area contributed by atoms with Crippen molar-refractivity contribution in [3.8, 4) is 31.2 Å². The van der Waals surface area contributed by atoms with Gasteiger partial charge in [0.15, 0.2) is 0 Å². The van der Waals surface area contributed by atoms with Crippen molar-refractivity contribution in [1.82, 2.24) is 39.7 Å². The third kappa shape index (κ3) is 5.08. The van der Waals surface area contributed by atoms with Gasteiger partial charge in [-0.2, -0.15) is 0 Å². The quantitative estimate of drug-likeness (QED) is 0.240. The van der Waals surface area contributed by atoms with Gasteiger partial charge in [-0.05, 0) is 31.2 Å². The molecule has 1 aromatic carbocycles. The maximum Gasteiger partial charge on any atom is 0.227 e. The molecule has 2 amide bonds. The lowest BCUT2D eigenvalue weighted by Crippen LogP contribution is -2.32. The molecule has 2 saturated heterocycles. The van der Waals surface area contributed by atoms with Crippen molar-refractivity contribution in [2.45, 2.75) is 44.2 Å². The molecule has 0 radical (unpaired) electrons. The Balaban J connectivity index is 1.05. The molecule has 0 bridgehead atoms. The van der Waals surface area contributed by atoms with Gasteiger partial charge in [0.25, 0.3) is 0 Å². The highest BCUT2D eigenvalue weighted by Gasteiger charge is 2.32. The van der Waals surface area contributed by atoms with Crippen LogP contribution in [0, 0.1) is 0 Å². The van der Waals surface area contributed by atoms with E-state index in [4.69, 9.17) is 0 Å². The Bertz CT molecular complexity index is 1670. The number of likely N-dealkylation sites (tertiary alicyclic amines) is 2. The van der Waals surface area contributed by atoms with Gasteiger partial charge in [0.05, 0.1) is 52.0 Å². The van der Waals surface area contributed by atoms with Crippen molar-refractivity contribution in [1.29, 1.82) is 0 Å². The second-order valence-corrected chi connectivity index (χ2v) is 12.4. The summed E-state index contributed by atoms with van der Waals surface area (Å²) in [4.78, 5) is 55.5. The highest BCUT2D eigenvalue weighted by molar-refractivity contribution is 7.24. The number of benzene rings is 1. The van der Waals surface area contributed by atoms with Crippen molar-refractivity contribution in [2.75, 3.05) is 13.1 Å². The number of rotatable bonds is 8. The van der Waals surface area contributed by atoms with E-state index in [-0.39, 0.29) is 18.0 Å². The summed E-state index contributed by atoms with van der Waals surface area (Å²) >= 11 is 3.15. The van der Waals surface area contributed by atoms with Gasteiger partial charge in [-0.3, -0.25) is 9.59 Å². The number of nitrogens with one attached hydrogen (secondary N) is 2. The Hall–Kier alpha value is -4.16. The van der Waals surface area contributed by atoms with Crippen LogP contribution in [0.2, 0.25) is 0 Å². The first-order chi connectivity index (χ1) is 20.2. The van der Waals surface area contributed by atoms with Crippen LogP contribution >= 0.6 is 22.7 Å². The number of amides is 2. The zero-order valence-electron chi connectivity index (χ0n) is 22.2. The van der Waals surface area contributed by atoms with Gasteiger partial charge in [0.1, 0.15) is 21.7 Å². The summed E-state index contributed by atoms with van der Waals surface area (Å²) in [6, 6.07) is 9.83. The van der Waals surface area contributed by atoms with Gasteiger partial charge >= 0.3 is 0 Å². The number of carbonyl (C=O) groups excluding carboxylic acids is 2. The summed E-state index contributed by atoms with van der Waals surface area (Å²) in [5.74, 6) is 1.74. The van der Waals surface area contributed by atoms with Crippen LogP contribution in [-0.2, 0) is 16.0 Å². The van der Waals surface area contributed by atoms with Gasteiger partial charge in [0, 0.05) is 25.5 Å². The van der Waals surface area contributed by atoms with Crippen LogP contribution in [0.4, 0.5) is 0 Å². The summed E-state index contributed by atoms with van der Waals surface area (Å²) in [6.45, 7) is 1.51. The number of hydrogen-bond acceptors (Lipinski definition) is 8. The Labute approximate surface area is 244 Å². The molecule has 208 valence electrons. The minimum atomic E-state index is -0.0504. The van der Waals surface area contributed by atoms with Crippen LogP contribution in [0.1, 0.15) is 55.0 Å². The molecule has 5 aromatic rings. The van der Waals surface area contributed by atoms with E-state index in [1.165, 1.54) is 0 Å². The maximum absolute atomic E-state index is 13.1. The zero-order chi connectivity index (χ0) is 27.8. The van der Waals surface area contributed by atoms with Gasteiger partial charge in [-0.1, -0.05) is 30.3 Å². The molecule has 12 heteroatoms. The molecule has 2 fully saturated rings. The van der Waals surface area contributed by atoms with Gasteiger partial charge < -0.3 is 19.8 Å². The fourth-order valence-corrected chi connectivity index (χ4v) is 7.51. The number of thiazole rings is 2. The normalized spacial score (nSPS) is 18.8. The van der Waals surface area contributed by atoms with Crippen LogP contribution in [0.15, 0.2) is 55.1 Å². The van der Waals surface area contributed by atoms with Crippen LogP contribution < -0.4 is 0 Å². The minimum absolute atomic E-state index is 0.00216. The number of H-pyrrole nitrogens is 2. The molecular weight excluding hydrogens is 557 g/mol. The number of nitrogens with zero attached hydrogens (tertiary/aromatic N) is 6. The average Bonchev–Trinajstić information content (AvgIpc) is 3.84. The van der Waals surface area contributed by atoms with Gasteiger partial charge in [-0.15, -0.1) is 22.7 Å². The van der Waals surface area contributed by atoms with Gasteiger partial charge in [-0.25, -0.2) is 19.9 Å². The predicted molar refractivity (Wildman–Crippen MR) is 157 cm³/mol. The predicted octanol–water partition coefficient (Wildman–Crippen LogP) is 5.25. The molecular formula is C29H28N8O2S2. The fourth-order valence-electron chi connectivity index (χ4n) is 5.68. The first kappa shape index (κ1) is 25.8. The van der Waals surface area contributed by atoms with Crippen LogP contribution in [0.3, 0.4) is 0 Å². The lowest BCUT2D eigenvalue weighted by molar-refractivity contribution is -0.131. The summed E-state index contributed by atoms with van der Waals surface area (Å²) in [5.41, 5.74) is 2.72. The number of hydrogen-bond donors (Lipinski definition) is 2. The molecule has 0 aliphatic carbocycles. The van der Waals surface area contributed by atoms with E-state index in [9.17, 15) is 9.59 Å². The number of carbonyl (C=O) groups is 2. The van der Waals surface area contributed by atoms with Crippen LogP contribution in [-0.4, -0.2) is 65.1 Å². The smallest absolute Gasteiger partial charge is 0.227 e. The maximum atomic E-state index is 13.1. The van der Waals surface area contributed by atoms with Gasteiger partial charge in [0.2, 0.25) is 12.3 Å². The highest BCUT2D eigenvalue weighted by atomic mass is 32.1. The summed E-state index contributed by atoms with van der Waals surface area (Å²) in [5, 5.41) is 1.68. The largest absolute Gasteiger partial charge is 0.338 e. The van der Waals surface area contributed by atoms with Crippen molar-refractivity contribution < 1.29 is 9.59 Å². The second kappa shape index (κ2) is 11.0. The van der Waals surface area contributed by atoms with E-state index < -0.39 is 0 Å². The standard InChI is InChI=1S/C29H28N8O2S2/c38-17-36-10-4-8-21(36)26-30-13-19(34-26)28-32-15-23(40-28)24-16-33-29(41-24)20-14-31-27(35-20)22-9-5-11-37(22)25(39)12-18-6-2-1-3-7-18/h1-3,6-7,13-17,21-22H,4-5,8-12H2,(H,30,34)(H,31,35)/t21-,22-/m0/s1. The Morgan fingerprint density at radius 1 is 0.829 bits per heavy atom. The molecule has 0 spiro atoms. The lowest BCUT2D eigenvalue weighted by atomic mass is 10.1. The molecule has 7 rings (SSSR count). The minimum Gasteiger partial charge on any atom is -0.338 e. The monoisotopic (exact) mass is 584 g/mol. The number of imidazole rings is 2. The summed E-state index contributed by atoms with van der Waals surface area (Å²) in [7, 11) is 0. The fraction of sp³-hybridized carbons (Fsp3) is 0.310.